The van der Waals surface area contributed by atoms with Gasteiger partial charge < -0.3 is 9.64 Å². The normalized spacial score (nSPS) is 16.6. The van der Waals surface area contributed by atoms with Gasteiger partial charge in [-0.15, -0.1) is 0 Å². The summed E-state index contributed by atoms with van der Waals surface area (Å²) in [6.45, 7) is 9.43. The van der Waals surface area contributed by atoms with Crippen LogP contribution in [0.15, 0.2) is 71.9 Å². The lowest BCUT2D eigenvalue weighted by molar-refractivity contribution is 0.0568. The number of aryl methyl sites for hydroxylation is 3. The van der Waals surface area contributed by atoms with Crippen LogP contribution in [0.3, 0.4) is 0 Å². The zero-order valence-electron chi connectivity index (χ0n) is 24.3. The first-order chi connectivity index (χ1) is 20.1. The lowest BCUT2D eigenvalue weighted by Crippen LogP contribution is -2.45. The predicted octanol–water partition coefficient (Wildman–Crippen LogP) is 5.10. The van der Waals surface area contributed by atoms with E-state index in [4.69, 9.17) is 4.74 Å². The summed E-state index contributed by atoms with van der Waals surface area (Å²) in [5.41, 5.74) is 3.69. The summed E-state index contributed by atoms with van der Waals surface area (Å²) in [6, 6.07) is 15.3. The third kappa shape index (κ3) is 6.62. The highest BCUT2D eigenvalue weighted by molar-refractivity contribution is 7.92. The van der Waals surface area contributed by atoms with E-state index in [-0.39, 0.29) is 46.8 Å². The number of ether oxygens (including phenoxy) is 1. The number of rotatable bonds is 7. The minimum absolute atomic E-state index is 0.0481. The fourth-order valence-electron chi connectivity index (χ4n) is 5.33. The Morgan fingerprint density at radius 2 is 1.79 bits per heavy atom. The summed E-state index contributed by atoms with van der Waals surface area (Å²) < 4.78 is 37.6. The van der Waals surface area contributed by atoms with Crippen molar-refractivity contribution in [2.24, 2.45) is 5.92 Å². The smallest absolute Gasteiger partial charge is 0.264 e. The van der Waals surface area contributed by atoms with Crippen molar-refractivity contribution in [2.45, 2.75) is 58.0 Å². The number of nitrogens with zero attached hydrogens (tertiary/aromatic N) is 5. The molecule has 4 aromatic rings. The Morgan fingerprint density at radius 1 is 1.02 bits per heavy atom. The van der Waals surface area contributed by atoms with Crippen molar-refractivity contribution in [1.82, 2.24) is 24.6 Å². The molecule has 1 aliphatic heterocycles. The van der Waals surface area contributed by atoms with Crippen molar-refractivity contribution in [3.8, 4) is 17.1 Å². The fraction of sp³-hybridized carbons (Fsp3) is 0.355. The maximum absolute atomic E-state index is 14.0. The van der Waals surface area contributed by atoms with Crippen LogP contribution in [0.4, 0.5) is 5.95 Å². The third-order valence-corrected chi connectivity index (χ3v) is 8.60. The second kappa shape index (κ2) is 12.3. The lowest BCUT2D eigenvalue weighted by atomic mass is 10.00. The van der Waals surface area contributed by atoms with Gasteiger partial charge in [-0.1, -0.05) is 38.1 Å². The van der Waals surface area contributed by atoms with Gasteiger partial charge in [0, 0.05) is 42.7 Å². The van der Waals surface area contributed by atoms with Gasteiger partial charge in [0.05, 0.1) is 16.6 Å². The standard InChI is InChI=1S/C31H36N6O4S/c1-21(2)17-25-20-41-28-19-27(29-22(3)9-5-10-23(29)4)33-31(34-28)35-42(39,40)26-12-6-11-24(18-26)30(38)37(25)16-8-15-36-14-7-13-32-36/h5-7,9-14,18-19,21,25H,8,15-17,20H2,1-4H3,(H,33,34,35)/t25-/m1/s1. The highest BCUT2D eigenvalue weighted by atomic mass is 32.2. The summed E-state index contributed by atoms with van der Waals surface area (Å²) in [5, 5.41) is 4.28. The molecule has 1 N–H and O–H groups in total. The van der Waals surface area contributed by atoms with Crippen LogP contribution in [0.25, 0.3) is 11.3 Å². The molecule has 0 radical (unpaired) electrons. The van der Waals surface area contributed by atoms with Crippen LogP contribution < -0.4 is 9.46 Å². The van der Waals surface area contributed by atoms with E-state index in [2.05, 4.69) is 33.6 Å². The number of aromatic nitrogens is 4. The first-order valence-corrected chi connectivity index (χ1v) is 15.6. The molecule has 0 aliphatic carbocycles. The number of benzene rings is 2. The Kier molecular flexibility index (Phi) is 8.58. The predicted molar refractivity (Wildman–Crippen MR) is 161 cm³/mol. The van der Waals surface area contributed by atoms with E-state index in [0.717, 1.165) is 16.7 Å². The Hall–Kier alpha value is -4.25. The molecule has 5 rings (SSSR count). The zero-order valence-corrected chi connectivity index (χ0v) is 25.1. The topological polar surface area (TPSA) is 119 Å². The second-order valence-corrected chi connectivity index (χ2v) is 12.7. The van der Waals surface area contributed by atoms with Gasteiger partial charge in [0.1, 0.15) is 6.61 Å². The summed E-state index contributed by atoms with van der Waals surface area (Å²) in [7, 11) is -4.11. The van der Waals surface area contributed by atoms with Crippen LogP contribution >= 0.6 is 0 Å². The van der Waals surface area contributed by atoms with Crippen LogP contribution in [-0.4, -0.2) is 58.2 Å². The van der Waals surface area contributed by atoms with E-state index in [1.165, 1.54) is 12.1 Å². The van der Waals surface area contributed by atoms with Crippen LogP contribution in [0.2, 0.25) is 0 Å². The van der Waals surface area contributed by atoms with Gasteiger partial charge >= 0.3 is 0 Å². The average Bonchev–Trinajstić information content (AvgIpc) is 3.46. The van der Waals surface area contributed by atoms with Crippen molar-refractivity contribution in [3.05, 3.63) is 83.7 Å². The molecule has 0 unspecified atom stereocenters. The highest BCUT2D eigenvalue weighted by Gasteiger charge is 2.29. The number of carbonyl (C=O) groups excluding carboxylic acids is 1. The molecule has 0 saturated heterocycles. The molecule has 1 aliphatic rings. The molecule has 11 heteroatoms. The van der Waals surface area contributed by atoms with Gasteiger partial charge in [-0.3, -0.25) is 9.48 Å². The van der Waals surface area contributed by atoms with Crippen molar-refractivity contribution in [2.75, 3.05) is 17.9 Å². The maximum atomic E-state index is 14.0. The van der Waals surface area contributed by atoms with Gasteiger partial charge in [-0.05, 0) is 68.0 Å². The number of nitrogens with one attached hydrogen (secondary N) is 1. The molecule has 3 heterocycles. The van der Waals surface area contributed by atoms with E-state index < -0.39 is 10.0 Å². The van der Waals surface area contributed by atoms with Gasteiger partial charge in [-0.25, -0.2) is 18.1 Å². The zero-order chi connectivity index (χ0) is 29.9. The Bertz CT molecular complexity index is 1650. The second-order valence-electron chi connectivity index (χ2n) is 11.0. The minimum Gasteiger partial charge on any atom is -0.475 e. The van der Waals surface area contributed by atoms with Crippen LogP contribution in [0.5, 0.6) is 5.88 Å². The minimum atomic E-state index is -4.11. The Morgan fingerprint density at radius 3 is 2.50 bits per heavy atom. The molecule has 4 bridgehead atoms. The van der Waals surface area contributed by atoms with Crippen LogP contribution in [0.1, 0.15) is 48.2 Å². The Labute approximate surface area is 246 Å². The third-order valence-electron chi connectivity index (χ3n) is 7.27. The number of carbonyl (C=O) groups is 1. The molecular weight excluding hydrogens is 552 g/mol. The quantitative estimate of drug-likeness (QED) is 0.319. The monoisotopic (exact) mass is 588 g/mol. The van der Waals surface area contributed by atoms with Gasteiger partial charge in [-0.2, -0.15) is 10.1 Å². The van der Waals surface area contributed by atoms with Crippen LogP contribution in [-0.2, 0) is 16.6 Å². The molecule has 0 saturated carbocycles. The molecule has 1 amide bonds. The van der Waals surface area contributed by atoms with Gasteiger partial charge in [0.25, 0.3) is 15.9 Å². The molecule has 0 fully saturated rings. The molecule has 1 atom stereocenters. The van der Waals surface area contributed by atoms with Gasteiger partial charge in [0.2, 0.25) is 11.8 Å². The number of hydrogen-bond acceptors (Lipinski definition) is 7. The molecule has 2 aromatic heterocycles. The number of hydrogen-bond donors (Lipinski definition) is 1. The molecule has 0 spiro atoms. The van der Waals surface area contributed by atoms with E-state index in [1.807, 2.05) is 49.0 Å². The first kappa shape index (κ1) is 29.2. The summed E-state index contributed by atoms with van der Waals surface area (Å²) in [6.07, 6.45) is 4.96. The SMILES string of the molecule is Cc1cccc(C)c1-c1cc2nc(n1)NS(=O)(=O)c1cccc(c1)C(=O)N(CCCn1cccn1)[C@H](CC(C)C)CO2. The van der Waals surface area contributed by atoms with Crippen molar-refractivity contribution in [1.29, 1.82) is 0 Å². The van der Waals surface area contributed by atoms with Crippen molar-refractivity contribution in [3.63, 3.8) is 0 Å². The molecule has 10 nitrogen and oxygen atoms in total. The molecule has 220 valence electrons. The van der Waals surface area contributed by atoms with Crippen molar-refractivity contribution < 1.29 is 17.9 Å². The summed E-state index contributed by atoms with van der Waals surface area (Å²) in [5.74, 6) is 0.145. The summed E-state index contributed by atoms with van der Waals surface area (Å²) in [4.78, 5) is 24.8. The molecular formula is C31H36N6O4S. The van der Waals surface area contributed by atoms with E-state index in [0.29, 0.717) is 31.6 Å². The largest absolute Gasteiger partial charge is 0.475 e. The number of sulfonamides is 1. The van der Waals surface area contributed by atoms with E-state index >= 15 is 0 Å². The first-order valence-electron chi connectivity index (χ1n) is 14.1. The lowest BCUT2D eigenvalue weighted by Gasteiger charge is -2.33. The number of amides is 1. The van der Waals surface area contributed by atoms with E-state index in [9.17, 15) is 13.2 Å². The fourth-order valence-corrected chi connectivity index (χ4v) is 6.32. The number of fused-ring (bicyclic) bond motifs is 4. The van der Waals surface area contributed by atoms with Crippen molar-refractivity contribution >= 4 is 21.9 Å². The van der Waals surface area contributed by atoms with Crippen LogP contribution in [0, 0.1) is 19.8 Å². The Balaban J connectivity index is 1.59. The number of anilines is 1. The molecule has 42 heavy (non-hydrogen) atoms. The van der Waals surface area contributed by atoms with E-state index in [1.54, 1.807) is 29.3 Å². The van der Waals surface area contributed by atoms with Gasteiger partial charge in [0.15, 0.2) is 0 Å². The highest BCUT2D eigenvalue weighted by Crippen LogP contribution is 2.30. The molecule has 2 aromatic carbocycles. The maximum Gasteiger partial charge on any atom is 0.264 e. The summed E-state index contributed by atoms with van der Waals surface area (Å²) >= 11 is 0. The average molecular weight is 589 g/mol.